The zero-order chi connectivity index (χ0) is 30.3. The van der Waals surface area contributed by atoms with Crippen LogP contribution in [-0.4, -0.2) is 50.1 Å². The normalized spacial score (nSPS) is 12.3. The van der Waals surface area contributed by atoms with Crippen molar-refractivity contribution in [3.05, 3.63) is 77.1 Å². The first-order chi connectivity index (χ1) is 19.5. The van der Waals surface area contributed by atoms with Crippen molar-refractivity contribution in [1.29, 1.82) is 0 Å². The van der Waals surface area contributed by atoms with E-state index in [1.54, 1.807) is 0 Å². The lowest BCUT2D eigenvalue weighted by atomic mass is 9.86. The fourth-order valence-electron chi connectivity index (χ4n) is 4.31. The largest absolute Gasteiger partial charge is 0.497 e. The Balaban J connectivity index is 1.87. The minimum atomic E-state index is -1.06. The average Bonchev–Trinajstić information content (AvgIpc) is 2.94. The van der Waals surface area contributed by atoms with Crippen LogP contribution < -0.4 is 18.9 Å². The minimum Gasteiger partial charge on any atom is -0.497 e. The number of methoxy groups -OCH3 is 3. The smallest absolute Gasteiger partial charge is 0.309 e. The van der Waals surface area contributed by atoms with Gasteiger partial charge in [-0.05, 0) is 30.2 Å². The van der Waals surface area contributed by atoms with Crippen molar-refractivity contribution in [2.45, 2.75) is 39.2 Å². The summed E-state index contributed by atoms with van der Waals surface area (Å²) in [6, 6.07) is 9.64. The van der Waals surface area contributed by atoms with Gasteiger partial charge in [-0.15, -0.1) is 0 Å². The van der Waals surface area contributed by atoms with Crippen molar-refractivity contribution in [2.24, 2.45) is 5.92 Å². The molecule has 0 aliphatic heterocycles. The molecule has 2 aromatic carbocycles. The number of carbonyl (C=O) groups is 3. The van der Waals surface area contributed by atoms with E-state index in [2.05, 4.69) is 4.98 Å². The van der Waals surface area contributed by atoms with Crippen LogP contribution in [0.3, 0.4) is 0 Å². The number of ether oxygens (including phenoxy) is 5. The zero-order valence-electron chi connectivity index (χ0n) is 23.5. The first kappa shape index (κ1) is 31.0. The Bertz CT molecular complexity index is 1370. The first-order valence-corrected chi connectivity index (χ1v) is 12.6. The molecule has 0 amide bonds. The third kappa shape index (κ3) is 7.36. The molecule has 2 atom stereocenters. The van der Waals surface area contributed by atoms with Gasteiger partial charge in [0.25, 0.3) is 0 Å². The fraction of sp³-hybridized carbons (Fsp3) is 0.333. The summed E-state index contributed by atoms with van der Waals surface area (Å²) in [5.74, 6) is -4.98. The minimum absolute atomic E-state index is 0.0745. The molecule has 0 aliphatic rings. The third-order valence-electron chi connectivity index (χ3n) is 6.35. The molecule has 0 saturated heterocycles. The van der Waals surface area contributed by atoms with E-state index < -0.39 is 47.3 Å². The Labute approximate surface area is 236 Å². The lowest BCUT2D eigenvalue weighted by Gasteiger charge is -2.27. The van der Waals surface area contributed by atoms with Crippen LogP contribution in [-0.2, 0) is 14.3 Å². The predicted molar refractivity (Wildman–Crippen MR) is 144 cm³/mol. The number of Topliss-reactive ketones (excluding diaryl/α,β-unsaturated/α-hetero) is 1. The zero-order valence-corrected chi connectivity index (χ0v) is 23.5. The monoisotopic (exact) mass is 571 g/mol. The molecule has 3 rings (SSSR count). The molecule has 0 bridgehead atoms. The van der Waals surface area contributed by atoms with Gasteiger partial charge in [0.2, 0.25) is 5.75 Å². The second-order valence-corrected chi connectivity index (χ2v) is 9.21. The van der Waals surface area contributed by atoms with Crippen molar-refractivity contribution < 1.29 is 46.8 Å². The molecule has 0 radical (unpaired) electrons. The first-order valence-electron chi connectivity index (χ1n) is 12.6. The average molecular weight is 572 g/mol. The predicted octanol–water partition coefficient (Wildman–Crippen LogP) is 5.28. The summed E-state index contributed by atoms with van der Waals surface area (Å²) in [4.78, 5) is 41.7. The summed E-state index contributed by atoms with van der Waals surface area (Å²) in [5.41, 5.74) is -0.0401. The molecule has 0 saturated carbocycles. The molecule has 0 spiro atoms. The summed E-state index contributed by atoms with van der Waals surface area (Å²) < 4.78 is 56.5. The van der Waals surface area contributed by atoms with E-state index in [-0.39, 0.29) is 46.2 Å². The number of esters is 2. The van der Waals surface area contributed by atoms with Gasteiger partial charge in [-0.3, -0.25) is 14.4 Å². The van der Waals surface area contributed by atoms with Gasteiger partial charge in [0.05, 0.1) is 33.2 Å². The van der Waals surface area contributed by atoms with Crippen LogP contribution in [0, 0.1) is 17.6 Å². The van der Waals surface area contributed by atoms with Crippen LogP contribution in [0.15, 0.2) is 48.7 Å². The number of aromatic nitrogens is 1. The highest BCUT2D eigenvalue weighted by atomic mass is 19.1. The van der Waals surface area contributed by atoms with Crippen molar-refractivity contribution in [2.75, 3.05) is 21.3 Å². The summed E-state index contributed by atoms with van der Waals surface area (Å²) in [7, 11) is 4.11. The molecule has 0 N–H and O–H groups in total. The molecule has 0 aliphatic carbocycles. The Kier molecular flexibility index (Phi) is 10.3. The molecular weight excluding hydrogens is 540 g/mol. The van der Waals surface area contributed by atoms with Gasteiger partial charge < -0.3 is 23.7 Å². The van der Waals surface area contributed by atoms with E-state index in [1.165, 1.54) is 71.7 Å². The Morgan fingerprint density at radius 2 is 1.41 bits per heavy atom. The SMILES string of the molecule is COc1ccc(C(c2ccc(OC)cc2F)[C@H](C)OC(=O)[C@H](C)CC(=O)c2nccc(OC)c2OC(C)=O)c(F)c1. The van der Waals surface area contributed by atoms with Crippen LogP contribution in [0.2, 0.25) is 0 Å². The van der Waals surface area contributed by atoms with E-state index >= 15 is 8.78 Å². The summed E-state index contributed by atoms with van der Waals surface area (Å²) >= 11 is 0. The van der Waals surface area contributed by atoms with Gasteiger partial charge in [0.1, 0.15) is 29.2 Å². The third-order valence-corrected chi connectivity index (χ3v) is 6.35. The molecule has 3 aromatic rings. The fourth-order valence-corrected chi connectivity index (χ4v) is 4.31. The van der Waals surface area contributed by atoms with Crippen molar-refractivity contribution in [3.63, 3.8) is 0 Å². The molecule has 218 valence electrons. The Morgan fingerprint density at radius 1 is 0.854 bits per heavy atom. The molecule has 0 fully saturated rings. The molecule has 9 nitrogen and oxygen atoms in total. The number of hydrogen-bond donors (Lipinski definition) is 0. The Morgan fingerprint density at radius 3 is 1.88 bits per heavy atom. The van der Waals surface area contributed by atoms with Crippen molar-refractivity contribution >= 4 is 17.7 Å². The number of ketones is 1. The van der Waals surface area contributed by atoms with Gasteiger partial charge in [0.15, 0.2) is 17.2 Å². The highest BCUT2D eigenvalue weighted by molar-refractivity contribution is 5.99. The second-order valence-electron chi connectivity index (χ2n) is 9.21. The topological polar surface area (TPSA) is 110 Å². The maximum absolute atomic E-state index is 15.2. The van der Waals surface area contributed by atoms with E-state index in [1.807, 2.05) is 0 Å². The van der Waals surface area contributed by atoms with Crippen LogP contribution in [0.5, 0.6) is 23.0 Å². The van der Waals surface area contributed by atoms with Gasteiger partial charge >= 0.3 is 11.9 Å². The lowest BCUT2D eigenvalue weighted by Crippen LogP contribution is -2.29. The number of nitrogens with zero attached hydrogens (tertiary/aromatic N) is 1. The van der Waals surface area contributed by atoms with E-state index in [4.69, 9.17) is 23.7 Å². The van der Waals surface area contributed by atoms with Crippen LogP contribution in [0.1, 0.15) is 54.7 Å². The summed E-state index contributed by atoms with van der Waals surface area (Å²) in [6.45, 7) is 4.14. The van der Waals surface area contributed by atoms with Crippen LogP contribution in [0.4, 0.5) is 8.78 Å². The van der Waals surface area contributed by atoms with Crippen molar-refractivity contribution in [1.82, 2.24) is 4.98 Å². The molecule has 1 aromatic heterocycles. The number of rotatable bonds is 12. The lowest BCUT2D eigenvalue weighted by molar-refractivity contribution is -0.153. The second kappa shape index (κ2) is 13.7. The maximum atomic E-state index is 15.2. The van der Waals surface area contributed by atoms with Gasteiger partial charge in [-0.2, -0.15) is 0 Å². The molecule has 41 heavy (non-hydrogen) atoms. The molecule has 11 heteroatoms. The molecule has 1 heterocycles. The Hall–Kier alpha value is -4.54. The molecule has 0 unspecified atom stereocenters. The number of halogens is 2. The number of hydrogen-bond acceptors (Lipinski definition) is 9. The number of carbonyl (C=O) groups excluding carboxylic acids is 3. The number of pyridine rings is 1. The van der Waals surface area contributed by atoms with Gasteiger partial charge in [-0.25, -0.2) is 13.8 Å². The van der Waals surface area contributed by atoms with Crippen molar-refractivity contribution in [3.8, 4) is 23.0 Å². The standard InChI is InChI=1S/C30H31F2NO8/c1-16(13-25(35)28-29(41-18(3)34)26(39-6)11-12-33-28)30(36)40-17(2)27(21-9-7-19(37-4)14-23(21)31)22-10-8-20(38-5)15-24(22)32/h7-12,14-17,27H,13H2,1-6H3/t16-,17+/m1/s1. The van der Waals surface area contributed by atoms with E-state index in [9.17, 15) is 14.4 Å². The highest BCUT2D eigenvalue weighted by Gasteiger charge is 2.32. The number of benzene rings is 2. The maximum Gasteiger partial charge on any atom is 0.309 e. The van der Waals surface area contributed by atoms with E-state index in [0.29, 0.717) is 0 Å². The summed E-state index contributed by atoms with van der Waals surface area (Å²) in [6.07, 6.45) is -0.0997. The van der Waals surface area contributed by atoms with Crippen LogP contribution >= 0.6 is 0 Å². The van der Waals surface area contributed by atoms with E-state index in [0.717, 1.165) is 19.1 Å². The highest BCUT2D eigenvalue weighted by Crippen LogP contribution is 2.36. The quantitative estimate of drug-likeness (QED) is 0.212. The summed E-state index contributed by atoms with van der Waals surface area (Å²) in [5, 5.41) is 0. The molecular formula is C30H31F2NO8. The van der Waals surface area contributed by atoms with Crippen LogP contribution in [0.25, 0.3) is 0 Å². The van der Waals surface area contributed by atoms with Gasteiger partial charge in [-0.1, -0.05) is 19.1 Å². The van der Waals surface area contributed by atoms with Gasteiger partial charge in [0, 0.05) is 37.7 Å².